The number of anilines is 6. The van der Waals surface area contributed by atoms with Crippen molar-refractivity contribution < 1.29 is 0 Å². The van der Waals surface area contributed by atoms with Crippen molar-refractivity contribution in [3.8, 4) is 33.4 Å². The lowest BCUT2D eigenvalue weighted by Gasteiger charge is -2.27. The summed E-state index contributed by atoms with van der Waals surface area (Å²) in [7, 11) is 0. The lowest BCUT2D eigenvalue weighted by Crippen LogP contribution is -2.11. The molecule has 0 unspecified atom stereocenters. The highest BCUT2D eigenvalue weighted by Gasteiger charge is 2.18. The van der Waals surface area contributed by atoms with Crippen LogP contribution >= 0.6 is 11.3 Å². The molecule has 10 rings (SSSR count). The summed E-state index contributed by atoms with van der Waals surface area (Å²) < 4.78 is 2.63. The molecule has 0 amide bonds. The van der Waals surface area contributed by atoms with E-state index >= 15 is 0 Å². The van der Waals surface area contributed by atoms with E-state index in [1.807, 2.05) is 11.3 Å². The lowest BCUT2D eigenvalue weighted by atomic mass is 9.92. The van der Waals surface area contributed by atoms with E-state index < -0.39 is 0 Å². The third kappa shape index (κ3) is 6.96. The quantitative estimate of drug-likeness (QED) is 0.144. The normalized spacial score (nSPS) is 11.2. The molecular formula is C56H42N2S. The van der Waals surface area contributed by atoms with Gasteiger partial charge in [-0.05, 0) is 143 Å². The van der Waals surface area contributed by atoms with Gasteiger partial charge in [0.25, 0.3) is 0 Å². The Labute approximate surface area is 350 Å². The largest absolute Gasteiger partial charge is 0.310 e. The van der Waals surface area contributed by atoms with Gasteiger partial charge in [-0.15, -0.1) is 11.3 Å². The fourth-order valence-corrected chi connectivity index (χ4v) is 9.57. The summed E-state index contributed by atoms with van der Waals surface area (Å²) in [6, 6.07) is 79.2. The van der Waals surface area contributed by atoms with Crippen LogP contribution in [-0.2, 0) is 0 Å². The highest BCUT2D eigenvalue weighted by Crippen LogP contribution is 2.44. The Balaban J connectivity index is 1.10. The van der Waals surface area contributed by atoms with Crippen LogP contribution in [0.2, 0.25) is 0 Å². The molecule has 10 aromatic rings. The van der Waals surface area contributed by atoms with Gasteiger partial charge >= 0.3 is 0 Å². The molecule has 0 aliphatic heterocycles. The first kappa shape index (κ1) is 36.2. The van der Waals surface area contributed by atoms with E-state index in [1.165, 1.54) is 76.1 Å². The zero-order valence-electron chi connectivity index (χ0n) is 33.1. The van der Waals surface area contributed by atoms with Crippen LogP contribution in [0, 0.1) is 13.8 Å². The molecule has 0 spiro atoms. The third-order valence-corrected chi connectivity index (χ3v) is 12.5. The van der Waals surface area contributed by atoms with Gasteiger partial charge in [-0.3, -0.25) is 0 Å². The number of nitrogens with zero attached hydrogens (tertiary/aromatic N) is 2. The number of thiophene rings is 1. The van der Waals surface area contributed by atoms with Gasteiger partial charge in [0.1, 0.15) is 0 Å². The van der Waals surface area contributed by atoms with Crippen molar-refractivity contribution in [1.82, 2.24) is 0 Å². The van der Waals surface area contributed by atoms with Crippen LogP contribution < -0.4 is 9.80 Å². The Morgan fingerprint density at radius 1 is 0.322 bits per heavy atom. The lowest BCUT2D eigenvalue weighted by molar-refractivity contribution is 1.25. The van der Waals surface area contributed by atoms with Gasteiger partial charge in [-0.1, -0.05) is 133 Å². The molecule has 0 saturated carbocycles. The fourth-order valence-electron chi connectivity index (χ4n) is 8.33. The summed E-state index contributed by atoms with van der Waals surface area (Å²) >= 11 is 1.88. The van der Waals surface area contributed by atoms with Crippen LogP contribution in [0.5, 0.6) is 0 Å². The number of hydrogen-bond donors (Lipinski definition) is 0. The molecule has 0 aliphatic rings. The topological polar surface area (TPSA) is 6.48 Å². The zero-order valence-corrected chi connectivity index (χ0v) is 33.9. The molecule has 1 aromatic heterocycles. The van der Waals surface area contributed by atoms with E-state index in [-0.39, 0.29) is 0 Å². The molecule has 59 heavy (non-hydrogen) atoms. The SMILES string of the molecule is Cc1ccccc1N(c1ccccc1)c1ccc(-c2cc(-c3ccc(N(c4ccccc4)c4ccccc4C)cc3)cc(-c3cccc4c3sc3ccccc34)c2)cc1. The van der Waals surface area contributed by atoms with Gasteiger partial charge in [-0.2, -0.15) is 0 Å². The van der Waals surface area contributed by atoms with Crippen LogP contribution in [0.4, 0.5) is 34.1 Å². The third-order valence-electron chi connectivity index (χ3n) is 11.3. The van der Waals surface area contributed by atoms with E-state index in [2.05, 4.69) is 242 Å². The molecule has 3 heteroatoms. The Kier molecular flexibility index (Phi) is 9.58. The molecule has 0 aliphatic carbocycles. The van der Waals surface area contributed by atoms with Crippen molar-refractivity contribution in [3.05, 3.63) is 230 Å². The van der Waals surface area contributed by atoms with Crippen molar-refractivity contribution in [2.24, 2.45) is 0 Å². The van der Waals surface area contributed by atoms with Gasteiger partial charge in [-0.25, -0.2) is 0 Å². The summed E-state index contributed by atoms with van der Waals surface area (Å²) in [6.07, 6.45) is 0. The van der Waals surface area contributed by atoms with Crippen LogP contribution in [0.25, 0.3) is 53.6 Å². The molecule has 0 saturated heterocycles. The number of hydrogen-bond acceptors (Lipinski definition) is 3. The minimum atomic E-state index is 1.12. The molecule has 1 heterocycles. The number of aryl methyl sites for hydroxylation is 2. The summed E-state index contributed by atoms with van der Waals surface area (Å²) in [5, 5.41) is 2.61. The molecule has 0 bridgehead atoms. The zero-order chi connectivity index (χ0) is 39.7. The molecule has 2 nitrogen and oxygen atoms in total. The summed E-state index contributed by atoms with van der Waals surface area (Å²) in [4.78, 5) is 4.70. The Morgan fingerprint density at radius 3 is 1.27 bits per heavy atom. The number of para-hydroxylation sites is 4. The molecule has 0 atom stereocenters. The molecular weight excluding hydrogens is 733 g/mol. The standard InChI is InChI=1S/C56H42N2S/c1-39-16-9-12-25-53(39)57(46-18-5-3-6-19-46)48-32-28-41(29-33-48)43-36-44(38-45(37-43)50-23-15-24-52-51-22-11-14-27-55(51)59-56(50)52)42-30-34-49(35-31-42)58(47-20-7-4-8-21-47)54-26-13-10-17-40(54)2/h3-38H,1-2H3. The smallest absolute Gasteiger partial charge is 0.0490 e. The maximum absolute atomic E-state index is 2.37. The molecule has 0 radical (unpaired) electrons. The van der Waals surface area contributed by atoms with Crippen molar-refractivity contribution in [3.63, 3.8) is 0 Å². The van der Waals surface area contributed by atoms with Crippen molar-refractivity contribution in [1.29, 1.82) is 0 Å². The summed E-state index contributed by atoms with van der Waals surface area (Å²) in [5.74, 6) is 0. The predicted molar refractivity (Wildman–Crippen MR) is 254 cm³/mol. The van der Waals surface area contributed by atoms with Crippen LogP contribution in [0.15, 0.2) is 218 Å². The Morgan fingerprint density at radius 2 is 0.746 bits per heavy atom. The highest BCUT2D eigenvalue weighted by atomic mass is 32.1. The average Bonchev–Trinajstić information content (AvgIpc) is 3.68. The van der Waals surface area contributed by atoms with E-state index in [1.54, 1.807) is 0 Å². The second-order valence-corrected chi connectivity index (χ2v) is 16.1. The highest BCUT2D eigenvalue weighted by molar-refractivity contribution is 7.26. The first-order chi connectivity index (χ1) is 29.1. The molecule has 0 fully saturated rings. The minimum Gasteiger partial charge on any atom is -0.310 e. The van der Waals surface area contributed by atoms with Crippen molar-refractivity contribution in [2.75, 3.05) is 9.80 Å². The average molecular weight is 775 g/mol. The van der Waals surface area contributed by atoms with Gasteiger partial charge in [0, 0.05) is 54.3 Å². The van der Waals surface area contributed by atoms with Crippen LogP contribution in [0.3, 0.4) is 0 Å². The van der Waals surface area contributed by atoms with Crippen molar-refractivity contribution in [2.45, 2.75) is 13.8 Å². The summed E-state index contributed by atoms with van der Waals surface area (Å²) in [5.41, 5.74) is 16.5. The maximum atomic E-state index is 2.37. The first-order valence-electron chi connectivity index (χ1n) is 20.2. The van der Waals surface area contributed by atoms with E-state index in [0.717, 1.165) is 22.7 Å². The van der Waals surface area contributed by atoms with Gasteiger partial charge in [0.05, 0.1) is 0 Å². The van der Waals surface area contributed by atoms with Gasteiger partial charge in [0.15, 0.2) is 0 Å². The van der Waals surface area contributed by atoms with E-state index in [9.17, 15) is 0 Å². The predicted octanol–water partition coefficient (Wildman–Crippen LogP) is 16.6. The number of fused-ring (bicyclic) bond motifs is 3. The van der Waals surface area contributed by atoms with Gasteiger partial charge in [0.2, 0.25) is 0 Å². The van der Waals surface area contributed by atoms with Crippen LogP contribution in [0.1, 0.15) is 11.1 Å². The van der Waals surface area contributed by atoms with E-state index in [4.69, 9.17) is 0 Å². The minimum absolute atomic E-state index is 1.12. The fraction of sp³-hybridized carbons (Fsp3) is 0.0357. The Bertz CT molecular complexity index is 2910. The second kappa shape index (κ2) is 15.6. The maximum Gasteiger partial charge on any atom is 0.0490 e. The number of rotatable bonds is 9. The van der Waals surface area contributed by atoms with Crippen molar-refractivity contribution >= 4 is 65.6 Å². The summed E-state index contributed by atoms with van der Waals surface area (Å²) in [6.45, 7) is 4.36. The molecule has 282 valence electrons. The molecule has 0 N–H and O–H groups in total. The molecule has 9 aromatic carbocycles. The second-order valence-electron chi connectivity index (χ2n) is 15.1. The van der Waals surface area contributed by atoms with Crippen LogP contribution in [-0.4, -0.2) is 0 Å². The Hall–Kier alpha value is -7.20. The first-order valence-corrected chi connectivity index (χ1v) is 21.0. The van der Waals surface area contributed by atoms with Gasteiger partial charge < -0.3 is 9.80 Å². The monoisotopic (exact) mass is 774 g/mol. The van der Waals surface area contributed by atoms with E-state index in [0.29, 0.717) is 0 Å². The number of benzene rings is 9.